The highest BCUT2D eigenvalue weighted by atomic mass is 16.5. The highest BCUT2D eigenvalue weighted by Crippen LogP contribution is 2.20. The Bertz CT molecular complexity index is 440. The summed E-state index contributed by atoms with van der Waals surface area (Å²) in [6, 6.07) is 4.39. The standard InChI is InChI=1S/C11H11NO4/c1-7(14)12-11-4-3-10(16-8(2)15)5-9(11)6-13/h3-6H,1-2H3,(H,12,14). The molecule has 0 aliphatic heterocycles. The Morgan fingerprint density at radius 3 is 2.50 bits per heavy atom. The second-order valence-electron chi connectivity index (χ2n) is 3.14. The van der Waals surface area contributed by atoms with E-state index in [0.29, 0.717) is 12.0 Å². The van der Waals surface area contributed by atoms with Gasteiger partial charge in [-0.15, -0.1) is 0 Å². The van der Waals surface area contributed by atoms with Crippen molar-refractivity contribution in [3.63, 3.8) is 0 Å². The summed E-state index contributed by atoms with van der Waals surface area (Å²) in [5, 5.41) is 2.49. The molecule has 0 spiro atoms. The number of ether oxygens (including phenoxy) is 1. The molecule has 0 aliphatic rings. The number of hydrogen-bond acceptors (Lipinski definition) is 4. The highest BCUT2D eigenvalue weighted by Gasteiger charge is 2.06. The minimum Gasteiger partial charge on any atom is -0.427 e. The van der Waals surface area contributed by atoms with Crippen LogP contribution in [-0.2, 0) is 9.59 Å². The van der Waals surface area contributed by atoms with E-state index in [1.807, 2.05) is 0 Å². The van der Waals surface area contributed by atoms with E-state index >= 15 is 0 Å². The summed E-state index contributed by atoms with van der Waals surface area (Å²) >= 11 is 0. The van der Waals surface area contributed by atoms with E-state index in [2.05, 4.69) is 5.32 Å². The van der Waals surface area contributed by atoms with E-state index in [9.17, 15) is 14.4 Å². The van der Waals surface area contributed by atoms with Crippen molar-refractivity contribution >= 4 is 23.9 Å². The van der Waals surface area contributed by atoms with Gasteiger partial charge < -0.3 is 10.1 Å². The van der Waals surface area contributed by atoms with Crippen LogP contribution < -0.4 is 10.1 Å². The molecule has 0 heterocycles. The molecule has 1 N–H and O–H groups in total. The molecule has 5 heteroatoms. The van der Waals surface area contributed by atoms with Crippen molar-refractivity contribution in [2.45, 2.75) is 13.8 Å². The van der Waals surface area contributed by atoms with E-state index < -0.39 is 5.97 Å². The van der Waals surface area contributed by atoms with Crippen LogP contribution in [0.1, 0.15) is 24.2 Å². The van der Waals surface area contributed by atoms with Gasteiger partial charge in [0.15, 0.2) is 6.29 Å². The number of nitrogens with one attached hydrogen (secondary N) is 1. The fourth-order valence-corrected chi connectivity index (χ4v) is 1.17. The van der Waals surface area contributed by atoms with Gasteiger partial charge in [0.25, 0.3) is 0 Å². The van der Waals surface area contributed by atoms with Crippen LogP contribution >= 0.6 is 0 Å². The van der Waals surface area contributed by atoms with Gasteiger partial charge in [-0.2, -0.15) is 0 Å². The molecule has 0 aliphatic carbocycles. The SMILES string of the molecule is CC(=O)Nc1ccc(OC(C)=O)cc1C=O. The summed E-state index contributed by atoms with van der Waals surface area (Å²) in [6.07, 6.45) is 0.582. The quantitative estimate of drug-likeness (QED) is 0.475. The highest BCUT2D eigenvalue weighted by molar-refractivity contribution is 5.95. The second kappa shape index (κ2) is 5.06. The Hall–Kier alpha value is -2.17. The van der Waals surface area contributed by atoms with Crippen molar-refractivity contribution in [2.75, 3.05) is 5.32 Å². The number of esters is 1. The first kappa shape index (κ1) is 11.9. The summed E-state index contributed by atoms with van der Waals surface area (Å²) in [7, 11) is 0. The number of carbonyl (C=O) groups excluding carboxylic acids is 3. The molecule has 16 heavy (non-hydrogen) atoms. The summed E-state index contributed by atoms with van der Waals surface area (Å²) < 4.78 is 4.81. The molecule has 1 rings (SSSR count). The average molecular weight is 221 g/mol. The lowest BCUT2D eigenvalue weighted by molar-refractivity contribution is -0.131. The third-order valence-corrected chi connectivity index (χ3v) is 1.72. The Morgan fingerprint density at radius 1 is 1.31 bits per heavy atom. The molecular weight excluding hydrogens is 210 g/mol. The predicted molar refractivity (Wildman–Crippen MR) is 57.4 cm³/mol. The summed E-state index contributed by atoms with van der Waals surface area (Å²) in [5.74, 6) is -0.476. The largest absolute Gasteiger partial charge is 0.427 e. The van der Waals surface area contributed by atoms with Crippen LogP contribution in [0.25, 0.3) is 0 Å². The number of benzene rings is 1. The maximum Gasteiger partial charge on any atom is 0.308 e. The number of aldehydes is 1. The lowest BCUT2D eigenvalue weighted by Crippen LogP contribution is -2.08. The Kier molecular flexibility index (Phi) is 3.77. The first-order chi connectivity index (χ1) is 7.52. The first-order valence-corrected chi connectivity index (χ1v) is 4.58. The monoisotopic (exact) mass is 221 g/mol. The van der Waals surface area contributed by atoms with Gasteiger partial charge >= 0.3 is 5.97 Å². The van der Waals surface area contributed by atoms with Crippen molar-refractivity contribution in [1.82, 2.24) is 0 Å². The zero-order valence-corrected chi connectivity index (χ0v) is 8.94. The van der Waals surface area contributed by atoms with Crippen LogP contribution in [0.15, 0.2) is 18.2 Å². The molecule has 5 nitrogen and oxygen atoms in total. The molecule has 0 saturated carbocycles. The topological polar surface area (TPSA) is 72.5 Å². The van der Waals surface area contributed by atoms with Crippen molar-refractivity contribution < 1.29 is 19.1 Å². The number of carbonyl (C=O) groups is 3. The van der Waals surface area contributed by atoms with E-state index in [-0.39, 0.29) is 17.2 Å². The van der Waals surface area contributed by atoms with Crippen LogP contribution in [0, 0.1) is 0 Å². The Balaban J connectivity index is 3.01. The molecule has 1 aromatic rings. The minimum absolute atomic E-state index is 0.258. The zero-order chi connectivity index (χ0) is 12.1. The molecule has 0 bridgehead atoms. The van der Waals surface area contributed by atoms with E-state index in [1.165, 1.54) is 32.0 Å². The fourth-order valence-electron chi connectivity index (χ4n) is 1.17. The summed E-state index contributed by atoms with van der Waals surface area (Å²) in [4.78, 5) is 32.3. The van der Waals surface area contributed by atoms with Crippen LogP contribution in [0.2, 0.25) is 0 Å². The van der Waals surface area contributed by atoms with Gasteiger partial charge in [0.2, 0.25) is 5.91 Å². The van der Waals surface area contributed by atoms with Gasteiger partial charge in [-0.1, -0.05) is 0 Å². The zero-order valence-electron chi connectivity index (χ0n) is 8.94. The number of rotatable bonds is 3. The maximum absolute atomic E-state index is 10.8. The molecule has 0 fully saturated rings. The average Bonchev–Trinajstić information content (AvgIpc) is 2.18. The number of amides is 1. The molecule has 0 unspecified atom stereocenters. The number of hydrogen-bond donors (Lipinski definition) is 1. The molecule has 0 saturated heterocycles. The maximum atomic E-state index is 10.8. The van der Waals surface area contributed by atoms with Gasteiger partial charge in [0.05, 0.1) is 5.69 Å². The second-order valence-corrected chi connectivity index (χ2v) is 3.14. The third-order valence-electron chi connectivity index (χ3n) is 1.72. The van der Waals surface area contributed by atoms with Crippen molar-refractivity contribution in [1.29, 1.82) is 0 Å². The fraction of sp³-hybridized carbons (Fsp3) is 0.182. The van der Waals surface area contributed by atoms with E-state index in [0.717, 1.165) is 0 Å². The normalized spacial score (nSPS) is 9.38. The molecule has 0 aromatic heterocycles. The predicted octanol–water partition coefficient (Wildman–Crippen LogP) is 1.38. The minimum atomic E-state index is -0.468. The molecular formula is C11H11NO4. The van der Waals surface area contributed by atoms with Gasteiger partial charge in [-0.05, 0) is 18.2 Å². The van der Waals surface area contributed by atoms with Gasteiger partial charge in [0, 0.05) is 19.4 Å². The molecule has 0 atom stereocenters. The van der Waals surface area contributed by atoms with Crippen LogP contribution in [-0.4, -0.2) is 18.2 Å². The van der Waals surface area contributed by atoms with Crippen LogP contribution in [0.5, 0.6) is 5.75 Å². The van der Waals surface area contributed by atoms with Crippen molar-refractivity contribution in [2.24, 2.45) is 0 Å². The van der Waals surface area contributed by atoms with Gasteiger partial charge in [-0.3, -0.25) is 14.4 Å². The van der Waals surface area contributed by atoms with Gasteiger partial charge in [-0.25, -0.2) is 0 Å². The van der Waals surface area contributed by atoms with Crippen molar-refractivity contribution in [3.05, 3.63) is 23.8 Å². The van der Waals surface area contributed by atoms with Crippen LogP contribution in [0.4, 0.5) is 5.69 Å². The number of anilines is 1. The van der Waals surface area contributed by atoms with E-state index in [4.69, 9.17) is 4.74 Å². The molecule has 84 valence electrons. The summed E-state index contributed by atoms with van der Waals surface area (Å²) in [6.45, 7) is 2.61. The van der Waals surface area contributed by atoms with Crippen LogP contribution in [0.3, 0.4) is 0 Å². The van der Waals surface area contributed by atoms with E-state index in [1.54, 1.807) is 0 Å². The van der Waals surface area contributed by atoms with Crippen molar-refractivity contribution in [3.8, 4) is 5.75 Å². The third kappa shape index (κ3) is 3.20. The van der Waals surface area contributed by atoms with Gasteiger partial charge in [0.1, 0.15) is 5.75 Å². The molecule has 1 amide bonds. The molecule has 0 radical (unpaired) electrons. The lowest BCUT2D eigenvalue weighted by Gasteiger charge is -2.07. The summed E-state index contributed by atoms with van der Waals surface area (Å²) in [5.41, 5.74) is 0.646. The lowest BCUT2D eigenvalue weighted by atomic mass is 10.2. The first-order valence-electron chi connectivity index (χ1n) is 4.58. The Labute approximate surface area is 92.4 Å². The molecule has 1 aromatic carbocycles. The smallest absolute Gasteiger partial charge is 0.308 e. The Morgan fingerprint density at radius 2 is 2.00 bits per heavy atom.